The quantitative estimate of drug-likeness (QED) is 0.623. The molecule has 2 aromatic carbocycles. The van der Waals surface area contributed by atoms with Crippen molar-refractivity contribution in [3.8, 4) is 11.5 Å². The molecular formula is C23H22N2O4S. The molecule has 1 atom stereocenters. The topological polar surface area (TPSA) is 76.7 Å². The Morgan fingerprint density at radius 3 is 2.50 bits per heavy atom. The van der Waals surface area contributed by atoms with Gasteiger partial charge < -0.3 is 20.1 Å². The lowest BCUT2D eigenvalue weighted by Crippen LogP contribution is -2.45. The van der Waals surface area contributed by atoms with Gasteiger partial charge in [-0.3, -0.25) is 9.59 Å². The number of thiophene rings is 1. The maximum absolute atomic E-state index is 13.1. The Hall–Kier alpha value is -3.32. The summed E-state index contributed by atoms with van der Waals surface area (Å²) < 4.78 is 11.4. The van der Waals surface area contributed by atoms with E-state index in [2.05, 4.69) is 10.6 Å². The maximum atomic E-state index is 13.1. The summed E-state index contributed by atoms with van der Waals surface area (Å²) in [6.07, 6.45) is 0.376. The number of benzene rings is 2. The molecule has 0 spiro atoms. The molecule has 30 heavy (non-hydrogen) atoms. The van der Waals surface area contributed by atoms with Crippen LogP contribution in [0.1, 0.15) is 29.1 Å². The molecule has 2 amide bonds. The van der Waals surface area contributed by atoms with Gasteiger partial charge in [0.25, 0.3) is 5.91 Å². The van der Waals surface area contributed by atoms with Crippen molar-refractivity contribution in [2.45, 2.75) is 32.1 Å². The zero-order chi connectivity index (χ0) is 21.1. The molecule has 1 aromatic heterocycles. The van der Waals surface area contributed by atoms with Crippen molar-refractivity contribution in [1.29, 1.82) is 0 Å². The number of ether oxygens (including phenoxy) is 2. The molecule has 1 aliphatic heterocycles. The zero-order valence-corrected chi connectivity index (χ0v) is 17.5. The summed E-state index contributed by atoms with van der Waals surface area (Å²) >= 11 is 1.33. The predicted octanol–water partition coefficient (Wildman–Crippen LogP) is 4.24. The number of rotatable bonds is 6. The van der Waals surface area contributed by atoms with Crippen LogP contribution in [0.15, 0.2) is 66.0 Å². The van der Waals surface area contributed by atoms with E-state index in [1.807, 2.05) is 49.6 Å². The Morgan fingerprint density at radius 2 is 1.77 bits per heavy atom. The van der Waals surface area contributed by atoms with Crippen LogP contribution in [0.4, 0.5) is 5.69 Å². The van der Waals surface area contributed by atoms with Crippen LogP contribution in [-0.2, 0) is 11.2 Å². The second kappa shape index (κ2) is 8.20. The van der Waals surface area contributed by atoms with Crippen LogP contribution in [0.2, 0.25) is 0 Å². The third-order valence-corrected chi connectivity index (χ3v) is 5.44. The third-order valence-electron chi connectivity index (χ3n) is 4.57. The highest BCUT2D eigenvalue weighted by atomic mass is 32.1. The average molecular weight is 423 g/mol. The highest BCUT2D eigenvalue weighted by Crippen LogP contribution is 2.40. The van der Waals surface area contributed by atoms with Gasteiger partial charge in [0, 0.05) is 32.0 Å². The molecule has 154 valence electrons. The largest absolute Gasteiger partial charge is 0.449 e. The van der Waals surface area contributed by atoms with Crippen molar-refractivity contribution in [1.82, 2.24) is 5.32 Å². The lowest BCUT2D eigenvalue weighted by molar-refractivity contribution is -0.118. The fourth-order valence-electron chi connectivity index (χ4n) is 3.23. The van der Waals surface area contributed by atoms with Gasteiger partial charge in [0.05, 0.1) is 4.88 Å². The van der Waals surface area contributed by atoms with Gasteiger partial charge in [-0.25, -0.2) is 0 Å². The summed E-state index contributed by atoms with van der Waals surface area (Å²) in [5.74, 6) is -0.115. The minimum absolute atomic E-state index is 0.270. The number of anilines is 1. The van der Waals surface area contributed by atoms with Crippen molar-refractivity contribution in [2.24, 2.45) is 0 Å². The van der Waals surface area contributed by atoms with Crippen LogP contribution in [0.3, 0.4) is 0 Å². The molecule has 2 heterocycles. The first kappa shape index (κ1) is 20.0. The van der Waals surface area contributed by atoms with Gasteiger partial charge in [-0.2, -0.15) is 0 Å². The summed E-state index contributed by atoms with van der Waals surface area (Å²) in [7, 11) is 0. The normalized spacial score (nSPS) is 14.7. The lowest BCUT2D eigenvalue weighted by atomic mass is 10.0. The predicted molar refractivity (Wildman–Crippen MR) is 116 cm³/mol. The van der Waals surface area contributed by atoms with E-state index in [1.54, 1.807) is 30.3 Å². The number of amides is 2. The zero-order valence-electron chi connectivity index (χ0n) is 16.7. The number of hydrogen-bond acceptors (Lipinski definition) is 5. The van der Waals surface area contributed by atoms with Crippen LogP contribution in [0.25, 0.3) is 0 Å². The van der Waals surface area contributed by atoms with E-state index in [-0.39, 0.29) is 11.8 Å². The van der Waals surface area contributed by atoms with E-state index in [9.17, 15) is 9.59 Å². The lowest BCUT2D eigenvalue weighted by Gasteiger charge is -2.18. The minimum Gasteiger partial charge on any atom is -0.449 e. The number of carbonyl (C=O) groups is 2. The molecule has 6 nitrogen and oxygen atoms in total. The van der Waals surface area contributed by atoms with Crippen LogP contribution in [0, 0.1) is 0 Å². The van der Waals surface area contributed by atoms with Crippen LogP contribution in [-0.4, -0.2) is 23.6 Å². The average Bonchev–Trinajstić information content (AvgIpc) is 3.34. The summed E-state index contributed by atoms with van der Waals surface area (Å²) in [6.45, 7) is 3.64. The molecule has 2 N–H and O–H groups in total. The molecular weight excluding hydrogens is 400 g/mol. The Bertz CT molecular complexity index is 1050. The molecule has 0 radical (unpaired) electrons. The summed E-state index contributed by atoms with van der Waals surface area (Å²) in [5.41, 5.74) is 1.53. The Labute approximate surface area is 178 Å². The first-order chi connectivity index (χ1) is 14.4. The monoisotopic (exact) mass is 422 g/mol. The molecule has 0 bridgehead atoms. The second-order valence-corrected chi connectivity index (χ2v) is 8.40. The highest BCUT2D eigenvalue weighted by molar-refractivity contribution is 7.12. The van der Waals surface area contributed by atoms with Gasteiger partial charge in [-0.15, -0.1) is 11.3 Å². The number of fused-ring (bicyclic) bond motifs is 1. The van der Waals surface area contributed by atoms with Crippen LogP contribution >= 0.6 is 11.3 Å². The van der Waals surface area contributed by atoms with Gasteiger partial charge >= 0.3 is 0 Å². The summed E-state index contributed by atoms with van der Waals surface area (Å²) in [4.78, 5) is 26.2. The molecule has 0 fully saturated rings. The van der Waals surface area contributed by atoms with Gasteiger partial charge in [-0.1, -0.05) is 36.4 Å². The van der Waals surface area contributed by atoms with Gasteiger partial charge in [0.2, 0.25) is 11.7 Å². The first-order valence-corrected chi connectivity index (χ1v) is 10.5. The highest BCUT2D eigenvalue weighted by Gasteiger charge is 2.32. The minimum atomic E-state index is -0.741. The summed E-state index contributed by atoms with van der Waals surface area (Å²) in [5, 5.41) is 7.57. The van der Waals surface area contributed by atoms with Gasteiger partial charge in [0.1, 0.15) is 6.04 Å². The maximum Gasteiger partial charge on any atom is 0.262 e. The number of hydrogen-bond donors (Lipinski definition) is 2. The molecule has 0 saturated heterocycles. The Morgan fingerprint density at radius 1 is 1.00 bits per heavy atom. The molecule has 7 heteroatoms. The molecule has 3 aromatic rings. The smallest absolute Gasteiger partial charge is 0.262 e. The third kappa shape index (κ3) is 4.63. The fourth-order valence-corrected chi connectivity index (χ4v) is 3.85. The first-order valence-electron chi connectivity index (χ1n) is 9.61. The number of nitrogens with one attached hydrogen (secondary N) is 2. The van der Waals surface area contributed by atoms with E-state index < -0.39 is 11.8 Å². The molecule has 4 rings (SSSR count). The van der Waals surface area contributed by atoms with E-state index in [1.165, 1.54) is 11.3 Å². The van der Waals surface area contributed by atoms with Gasteiger partial charge in [-0.05, 0) is 29.1 Å². The number of carbonyl (C=O) groups excluding carboxylic acids is 2. The molecule has 0 aliphatic carbocycles. The van der Waals surface area contributed by atoms with E-state index >= 15 is 0 Å². The van der Waals surface area contributed by atoms with Crippen LogP contribution < -0.4 is 20.1 Å². The molecule has 1 aliphatic rings. The summed E-state index contributed by atoms with van der Waals surface area (Å²) in [6, 6.07) is 17.6. The van der Waals surface area contributed by atoms with E-state index in [0.717, 1.165) is 5.56 Å². The van der Waals surface area contributed by atoms with Crippen molar-refractivity contribution >= 4 is 28.8 Å². The SMILES string of the molecule is CC1(C)Oc2ccc(NC(=O)C(Cc3ccccc3)NC(=O)c3cccs3)cc2O1. The van der Waals surface area contributed by atoms with Crippen molar-refractivity contribution < 1.29 is 19.1 Å². The molecule has 1 unspecified atom stereocenters. The Balaban J connectivity index is 1.51. The standard InChI is InChI=1S/C23H22N2O4S/c1-23(2)28-18-11-10-16(14-19(18)29-23)24-21(26)17(13-15-7-4-3-5-8-15)25-22(27)20-9-6-12-30-20/h3-12,14,17H,13H2,1-2H3,(H,24,26)(H,25,27). The second-order valence-electron chi connectivity index (χ2n) is 7.45. The van der Waals surface area contributed by atoms with Crippen LogP contribution in [0.5, 0.6) is 11.5 Å². The fraction of sp³-hybridized carbons (Fsp3) is 0.217. The van der Waals surface area contributed by atoms with Gasteiger partial charge in [0.15, 0.2) is 11.5 Å². The van der Waals surface area contributed by atoms with Crippen molar-refractivity contribution in [3.63, 3.8) is 0 Å². The van der Waals surface area contributed by atoms with E-state index in [0.29, 0.717) is 28.5 Å². The van der Waals surface area contributed by atoms with Crippen molar-refractivity contribution in [2.75, 3.05) is 5.32 Å². The Kier molecular flexibility index (Phi) is 5.46. The molecule has 0 saturated carbocycles. The van der Waals surface area contributed by atoms with E-state index in [4.69, 9.17) is 9.47 Å². The van der Waals surface area contributed by atoms with Crippen molar-refractivity contribution in [3.05, 3.63) is 76.5 Å².